The van der Waals surface area contributed by atoms with Crippen LogP contribution in [0.25, 0.3) is 22.3 Å². The summed E-state index contributed by atoms with van der Waals surface area (Å²) in [6.45, 7) is 8.00. The maximum atomic E-state index is 6.36. The van der Waals surface area contributed by atoms with Crippen LogP contribution in [0.4, 0.5) is 0 Å². The summed E-state index contributed by atoms with van der Waals surface area (Å²) in [5.74, 6) is 3.35. The van der Waals surface area contributed by atoms with Gasteiger partial charge in [-0.25, -0.2) is 20.0 Å². The summed E-state index contributed by atoms with van der Waals surface area (Å²) >= 11 is 0. The Morgan fingerprint density at radius 1 is 0.276 bits per heavy atom. The molecule has 11 nitrogen and oxygen atoms in total. The number of aliphatic imine (C=N–C) groups is 4. The highest BCUT2D eigenvalue weighted by Crippen LogP contribution is 2.40. The molecule has 464 valence electrons. The Kier molecular flexibility index (Phi) is 26.1. The molecule has 9 rings (SSSR count). The third-order valence-electron chi connectivity index (χ3n) is 15.4. The van der Waals surface area contributed by atoms with Gasteiger partial charge in [0.15, 0.2) is 0 Å². The number of halogens is 3. The zero-order valence-electron chi connectivity index (χ0n) is 53.2. The van der Waals surface area contributed by atoms with Gasteiger partial charge in [-0.3, -0.25) is 0 Å². The van der Waals surface area contributed by atoms with Gasteiger partial charge in [0.05, 0.1) is 155 Å². The van der Waals surface area contributed by atoms with Crippen LogP contribution in [0.15, 0.2) is 188 Å². The Balaban J connectivity index is 0.00000403. The molecule has 87 heavy (non-hydrogen) atoms. The van der Waals surface area contributed by atoms with E-state index in [4.69, 9.17) is 38.9 Å². The summed E-state index contributed by atoms with van der Waals surface area (Å²) in [5.41, 5.74) is 14.0. The SMILES string of the molecule is CCCCCCCCCCCOc1ccc(C2=C3C=CC(=N3)C(c3ccc(OCCC[N+](C)(C)C)cc3)=C3C=CC(=N3)C(c3ccc(OCCC[N+](C)(C)C)cc3)=C3C=CC(=N3)C(c3ccc(OCCC[N+](C)(C)C)cc3)=C3C=CC2=N3)cc1.[Cl-].[Cl-].[Cl-]. The Bertz CT molecular complexity index is 3280. The lowest BCUT2D eigenvalue weighted by Crippen LogP contribution is -3.00. The van der Waals surface area contributed by atoms with Crippen LogP contribution in [-0.2, 0) is 0 Å². The van der Waals surface area contributed by atoms with Crippen molar-refractivity contribution in [2.24, 2.45) is 20.0 Å². The second kappa shape index (κ2) is 32.6. The Morgan fingerprint density at radius 2 is 0.494 bits per heavy atom. The summed E-state index contributed by atoms with van der Waals surface area (Å²) in [6, 6.07) is 33.6. The van der Waals surface area contributed by atoms with Gasteiger partial charge in [0, 0.05) is 41.6 Å². The molecule has 8 bridgehead atoms. The minimum atomic E-state index is 0. The fourth-order valence-electron chi connectivity index (χ4n) is 10.9. The molecule has 0 aliphatic carbocycles. The van der Waals surface area contributed by atoms with Crippen molar-refractivity contribution in [2.75, 3.05) is 109 Å². The molecule has 5 aliphatic heterocycles. The number of unbranched alkanes of at least 4 members (excludes halogenated alkanes) is 8. The first-order valence-corrected chi connectivity index (χ1v) is 30.9. The molecule has 4 aromatic carbocycles. The molecular weight excluding hydrogens is 1150 g/mol. The van der Waals surface area contributed by atoms with Crippen LogP contribution < -0.4 is 56.2 Å². The van der Waals surface area contributed by atoms with Gasteiger partial charge in [-0.1, -0.05) is 107 Å². The highest BCUT2D eigenvalue weighted by Gasteiger charge is 2.28. The summed E-state index contributed by atoms with van der Waals surface area (Å²) in [7, 11) is 19.9. The summed E-state index contributed by atoms with van der Waals surface area (Å²) in [4.78, 5) is 22.2. The number of quaternary nitrogens is 3. The van der Waals surface area contributed by atoms with E-state index in [1.54, 1.807) is 0 Å². The zero-order chi connectivity index (χ0) is 59.1. The van der Waals surface area contributed by atoms with Crippen LogP contribution in [0.2, 0.25) is 0 Å². The van der Waals surface area contributed by atoms with Crippen LogP contribution in [0.5, 0.6) is 23.0 Å². The second-order valence-electron chi connectivity index (χ2n) is 25.8. The molecular formula is C73H92Cl3N7O4. The number of nitrogens with zero attached hydrogens (tertiary/aromatic N) is 7. The first-order valence-electron chi connectivity index (χ1n) is 30.9. The standard InChI is InChI=1S/C73H92N7O4.3ClH/c1-11-12-13-14-15-16-17-18-19-50-81-58-31-23-54(24-32-58)70-62-39-41-64(74-62)71(55-25-33-59(34-26-55)82-51-20-47-78(2,3)4)66-43-45-68(76-66)73(57-29-37-61(38-30-57)84-53-22-49-80(8,9)10)69-46-44-67(77-69)72(65-42-40-63(70)75-65)56-27-35-60(36-28-56)83-52-21-48-79(5,6)7;;;/h23-46H,11-22,47-53H2,1-10H3;3*1H/q+3;;;/p-3. The highest BCUT2D eigenvalue weighted by atomic mass is 35.5. The average molecular weight is 1240 g/mol. The van der Waals surface area contributed by atoms with Crippen LogP contribution in [0.3, 0.4) is 0 Å². The Hall–Kier alpha value is -6.57. The van der Waals surface area contributed by atoms with Crippen molar-refractivity contribution in [1.29, 1.82) is 0 Å². The lowest BCUT2D eigenvalue weighted by Gasteiger charge is -2.23. The molecule has 0 aromatic heterocycles. The predicted molar refractivity (Wildman–Crippen MR) is 352 cm³/mol. The maximum Gasteiger partial charge on any atom is 0.119 e. The molecule has 14 heteroatoms. The molecule has 0 saturated heterocycles. The number of allylic oxidation sites excluding steroid dienone is 12. The molecule has 0 fully saturated rings. The molecule has 4 aromatic rings. The summed E-state index contributed by atoms with van der Waals surface area (Å²) in [6.07, 6.45) is 31.3. The summed E-state index contributed by atoms with van der Waals surface area (Å²) in [5, 5.41) is 0. The normalized spacial score (nSPS) is 15.3. The van der Waals surface area contributed by atoms with Gasteiger partial charge >= 0.3 is 0 Å². The van der Waals surface area contributed by atoms with Gasteiger partial charge in [-0.05, 0) is 126 Å². The molecule has 5 aliphatic rings. The monoisotopic (exact) mass is 1240 g/mol. The van der Waals surface area contributed by atoms with E-state index >= 15 is 0 Å². The van der Waals surface area contributed by atoms with E-state index in [9.17, 15) is 0 Å². The number of ether oxygens (including phenoxy) is 4. The first kappa shape index (κ1) is 69.5. The van der Waals surface area contributed by atoms with Crippen LogP contribution in [-0.4, -0.2) is 146 Å². The largest absolute Gasteiger partial charge is 1.00 e. The van der Waals surface area contributed by atoms with Crippen molar-refractivity contribution in [3.8, 4) is 23.0 Å². The van der Waals surface area contributed by atoms with Crippen molar-refractivity contribution in [2.45, 2.75) is 84.0 Å². The van der Waals surface area contributed by atoms with Crippen molar-refractivity contribution >= 4 is 45.1 Å². The molecule has 5 heterocycles. The zero-order valence-corrected chi connectivity index (χ0v) is 55.5. The molecule has 0 saturated carbocycles. The third kappa shape index (κ3) is 20.2. The van der Waals surface area contributed by atoms with Gasteiger partial charge in [-0.2, -0.15) is 0 Å². The van der Waals surface area contributed by atoms with Crippen LogP contribution in [0.1, 0.15) is 106 Å². The Labute approximate surface area is 538 Å². The number of rotatable bonds is 30. The van der Waals surface area contributed by atoms with E-state index in [1.165, 1.54) is 51.4 Å². The van der Waals surface area contributed by atoms with Gasteiger partial charge in [0.25, 0.3) is 0 Å². The van der Waals surface area contributed by atoms with Gasteiger partial charge < -0.3 is 69.6 Å². The van der Waals surface area contributed by atoms with Crippen molar-refractivity contribution in [3.63, 3.8) is 0 Å². The van der Waals surface area contributed by atoms with E-state index in [2.05, 4.69) is 216 Å². The minimum Gasteiger partial charge on any atom is -1.00 e. The van der Waals surface area contributed by atoms with Crippen LogP contribution in [0, 0.1) is 0 Å². The van der Waals surface area contributed by atoms with E-state index < -0.39 is 0 Å². The van der Waals surface area contributed by atoms with E-state index in [-0.39, 0.29) is 37.2 Å². The third-order valence-corrected chi connectivity index (χ3v) is 15.4. The molecule has 0 unspecified atom stereocenters. The molecule has 0 radical (unpaired) electrons. The first-order chi connectivity index (χ1) is 40.5. The maximum absolute atomic E-state index is 6.36. The van der Waals surface area contributed by atoms with Crippen molar-refractivity contribution < 1.29 is 69.6 Å². The number of fused-ring (bicyclic) bond motifs is 4. The second-order valence-corrected chi connectivity index (χ2v) is 25.8. The average Bonchev–Trinajstić information content (AvgIpc) is 1.71. The fourth-order valence-corrected chi connectivity index (χ4v) is 10.9. The fraction of sp³-hybridized carbons (Fsp3) is 0.397. The molecule has 0 spiro atoms. The lowest BCUT2D eigenvalue weighted by molar-refractivity contribution is -0.870. The molecule has 0 N–H and O–H groups in total. The number of benzene rings is 4. The molecule has 0 atom stereocenters. The van der Waals surface area contributed by atoms with E-state index in [1.807, 2.05) is 0 Å². The predicted octanol–water partition coefficient (Wildman–Crippen LogP) is 6.04. The van der Waals surface area contributed by atoms with E-state index in [0.717, 1.165) is 172 Å². The van der Waals surface area contributed by atoms with Crippen molar-refractivity contribution in [1.82, 2.24) is 0 Å². The summed E-state index contributed by atoms with van der Waals surface area (Å²) < 4.78 is 27.9. The van der Waals surface area contributed by atoms with Crippen molar-refractivity contribution in [3.05, 3.63) is 191 Å². The van der Waals surface area contributed by atoms with E-state index in [0.29, 0.717) is 26.4 Å². The molecule has 0 amide bonds. The van der Waals surface area contributed by atoms with Gasteiger partial charge in [-0.15, -0.1) is 0 Å². The quantitative estimate of drug-likeness (QED) is 0.0472. The number of hydrogen-bond acceptors (Lipinski definition) is 8. The number of hydrogen-bond donors (Lipinski definition) is 0. The van der Waals surface area contributed by atoms with Crippen LogP contribution >= 0.6 is 0 Å². The topological polar surface area (TPSA) is 86.4 Å². The minimum absolute atomic E-state index is 0. The lowest BCUT2D eigenvalue weighted by atomic mass is 9.98. The Morgan fingerprint density at radius 3 is 0.724 bits per heavy atom. The van der Waals surface area contributed by atoms with Gasteiger partial charge in [0.1, 0.15) is 23.0 Å². The highest BCUT2D eigenvalue weighted by molar-refractivity contribution is 6.39. The van der Waals surface area contributed by atoms with Gasteiger partial charge in [0.2, 0.25) is 0 Å². The smallest absolute Gasteiger partial charge is 0.119 e.